The van der Waals surface area contributed by atoms with E-state index in [-0.39, 0.29) is 12.5 Å². The molecule has 1 atom stereocenters. The molecule has 0 heterocycles. The molecule has 0 radical (unpaired) electrons. The Morgan fingerprint density at radius 3 is 2.75 bits per heavy atom. The van der Waals surface area contributed by atoms with Crippen LogP contribution < -0.4 is 10.7 Å². The van der Waals surface area contributed by atoms with E-state index in [4.69, 9.17) is 0 Å². The molecule has 4 heteroatoms. The zero-order chi connectivity index (χ0) is 17.7. The minimum absolute atomic E-state index is 0.146. The Balaban J connectivity index is 1.91. The highest BCUT2D eigenvalue weighted by molar-refractivity contribution is 6.01. The second kappa shape index (κ2) is 7.95. The molecular weight excluding hydrogens is 298 g/mol. The molecule has 2 N–H and O–H groups in total. The molecule has 1 unspecified atom stereocenters. The molecule has 0 saturated heterocycles. The van der Waals surface area contributed by atoms with E-state index in [1.165, 1.54) is 5.56 Å². The predicted octanol–water partition coefficient (Wildman–Crippen LogP) is 4.12. The lowest BCUT2D eigenvalue weighted by atomic mass is 9.85. The fourth-order valence-corrected chi connectivity index (χ4v) is 2.78. The Morgan fingerprint density at radius 2 is 2.08 bits per heavy atom. The Hall–Kier alpha value is -2.36. The average Bonchev–Trinajstić information content (AvgIpc) is 2.53. The van der Waals surface area contributed by atoms with Crippen molar-refractivity contribution in [1.82, 2.24) is 5.43 Å². The van der Waals surface area contributed by atoms with E-state index in [1.807, 2.05) is 32.9 Å². The van der Waals surface area contributed by atoms with Crippen LogP contribution >= 0.6 is 0 Å². The highest BCUT2D eigenvalue weighted by Gasteiger charge is 2.18. The summed E-state index contributed by atoms with van der Waals surface area (Å²) in [6.45, 7) is 12.4. The van der Waals surface area contributed by atoms with Crippen molar-refractivity contribution in [3.05, 3.63) is 53.1 Å². The van der Waals surface area contributed by atoms with Crippen molar-refractivity contribution in [2.45, 2.75) is 40.5 Å². The predicted molar refractivity (Wildman–Crippen MR) is 101 cm³/mol. The number of hydrogen-bond donors (Lipinski definition) is 2. The quantitative estimate of drug-likeness (QED) is 0.632. The van der Waals surface area contributed by atoms with Gasteiger partial charge in [-0.25, -0.2) is 5.43 Å². The minimum Gasteiger partial charge on any atom is -0.376 e. The summed E-state index contributed by atoms with van der Waals surface area (Å²) in [5.41, 5.74) is 9.20. The lowest BCUT2D eigenvalue weighted by molar-refractivity contribution is -0.119. The Kier molecular flexibility index (Phi) is 5.96. The standard InChI is InChI=1S/C20H27N3O/c1-13(2)17-8-7-15(4)19(11-17)22-23-20(24)12-21-18-9-6-14(3)10-16(18)5/h6-7,9-10,17,21H,1,8,11-12H2,2-5H3,(H,23,24)/b22-19-. The van der Waals surface area contributed by atoms with E-state index in [1.54, 1.807) is 0 Å². The van der Waals surface area contributed by atoms with Gasteiger partial charge in [0, 0.05) is 5.69 Å². The molecule has 24 heavy (non-hydrogen) atoms. The largest absolute Gasteiger partial charge is 0.376 e. The Bertz CT molecular complexity index is 701. The summed E-state index contributed by atoms with van der Waals surface area (Å²) < 4.78 is 0. The van der Waals surface area contributed by atoms with Crippen LogP contribution in [0.4, 0.5) is 5.69 Å². The highest BCUT2D eigenvalue weighted by atomic mass is 16.2. The molecule has 1 amide bonds. The first-order valence-corrected chi connectivity index (χ1v) is 8.36. The number of hydrogen-bond acceptors (Lipinski definition) is 3. The molecule has 1 aromatic rings. The molecule has 1 aliphatic rings. The van der Waals surface area contributed by atoms with Crippen LogP contribution in [0.5, 0.6) is 0 Å². The smallest absolute Gasteiger partial charge is 0.259 e. The van der Waals surface area contributed by atoms with Crippen molar-refractivity contribution in [3.63, 3.8) is 0 Å². The molecule has 0 aromatic heterocycles. The van der Waals surface area contributed by atoms with Gasteiger partial charge in [-0.2, -0.15) is 5.10 Å². The van der Waals surface area contributed by atoms with E-state index < -0.39 is 0 Å². The normalized spacial score (nSPS) is 18.9. The van der Waals surface area contributed by atoms with Crippen molar-refractivity contribution in [2.75, 3.05) is 11.9 Å². The summed E-state index contributed by atoms with van der Waals surface area (Å²) in [4.78, 5) is 12.0. The van der Waals surface area contributed by atoms with Crippen LogP contribution in [0.2, 0.25) is 0 Å². The maximum atomic E-state index is 12.0. The molecule has 2 rings (SSSR count). The van der Waals surface area contributed by atoms with Crippen molar-refractivity contribution < 1.29 is 4.79 Å². The van der Waals surface area contributed by atoms with Crippen molar-refractivity contribution in [1.29, 1.82) is 0 Å². The number of carbonyl (C=O) groups excluding carboxylic acids is 1. The second-order valence-electron chi connectivity index (χ2n) is 6.64. The lowest BCUT2D eigenvalue weighted by Crippen LogP contribution is -2.28. The molecule has 4 nitrogen and oxygen atoms in total. The third-order valence-corrected chi connectivity index (χ3v) is 4.44. The fourth-order valence-electron chi connectivity index (χ4n) is 2.78. The minimum atomic E-state index is -0.146. The number of nitrogens with one attached hydrogen (secondary N) is 2. The van der Waals surface area contributed by atoms with Gasteiger partial charge in [-0.15, -0.1) is 0 Å². The van der Waals surface area contributed by atoms with Gasteiger partial charge >= 0.3 is 0 Å². The van der Waals surface area contributed by atoms with Gasteiger partial charge in [0.05, 0.1) is 12.3 Å². The molecule has 0 spiro atoms. The Labute approximate surface area is 144 Å². The SMILES string of the molecule is C=C(C)C1CC=C(C)/C(=N\NC(=O)CNc2ccc(C)cc2C)C1. The zero-order valence-electron chi connectivity index (χ0n) is 15.1. The van der Waals surface area contributed by atoms with Gasteiger partial charge in [-0.05, 0) is 63.7 Å². The molecule has 128 valence electrons. The Morgan fingerprint density at radius 1 is 1.33 bits per heavy atom. The fraction of sp³-hybridized carbons (Fsp3) is 0.400. The van der Waals surface area contributed by atoms with E-state index >= 15 is 0 Å². The van der Waals surface area contributed by atoms with E-state index in [2.05, 4.69) is 41.5 Å². The van der Waals surface area contributed by atoms with Gasteiger partial charge in [-0.3, -0.25) is 4.79 Å². The molecule has 0 saturated carbocycles. The van der Waals surface area contributed by atoms with Crippen molar-refractivity contribution in [2.24, 2.45) is 11.0 Å². The third-order valence-electron chi connectivity index (χ3n) is 4.44. The molecule has 1 aliphatic carbocycles. The number of aryl methyl sites for hydroxylation is 2. The lowest BCUT2D eigenvalue weighted by Gasteiger charge is -2.22. The molecular formula is C20H27N3O. The second-order valence-corrected chi connectivity index (χ2v) is 6.64. The molecule has 0 fully saturated rings. The van der Waals surface area contributed by atoms with Crippen LogP contribution in [-0.2, 0) is 4.79 Å². The number of benzene rings is 1. The van der Waals surface area contributed by atoms with Crippen LogP contribution in [0.15, 0.2) is 47.1 Å². The van der Waals surface area contributed by atoms with E-state index in [0.717, 1.165) is 41.0 Å². The van der Waals surface area contributed by atoms with Crippen LogP contribution in [0.3, 0.4) is 0 Å². The maximum absolute atomic E-state index is 12.0. The van der Waals surface area contributed by atoms with Crippen LogP contribution in [0, 0.1) is 19.8 Å². The first kappa shape index (κ1) is 18.0. The maximum Gasteiger partial charge on any atom is 0.259 e. The number of anilines is 1. The summed E-state index contributed by atoms with van der Waals surface area (Å²) in [5, 5.41) is 7.47. The van der Waals surface area contributed by atoms with Gasteiger partial charge < -0.3 is 5.32 Å². The summed E-state index contributed by atoms with van der Waals surface area (Å²) in [7, 11) is 0. The van der Waals surface area contributed by atoms with Gasteiger partial charge in [0.1, 0.15) is 0 Å². The summed E-state index contributed by atoms with van der Waals surface area (Å²) in [6.07, 6.45) is 4.01. The summed E-state index contributed by atoms with van der Waals surface area (Å²) in [5.74, 6) is 0.269. The van der Waals surface area contributed by atoms with Crippen molar-refractivity contribution in [3.8, 4) is 0 Å². The van der Waals surface area contributed by atoms with Crippen LogP contribution in [0.25, 0.3) is 0 Å². The van der Waals surface area contributed by atoms with Crippen molar-refractivity contribution >= 4 is 17.3 Å². The number of carbonyl (C=O) groups is 1. The first-order chi connectivity index (χ1) is 11.4. The molecule has 0 aliphatic heterocycles. The summed E-state index contributed by atoms with van der Waals surface area (Å²) in [6, 6.07) is 6.12. The molecule has 1 aromatic carbocycles. The average molecular weight is 325 g/mol. The van der Waals surface area contributed by atoms with Crippen LogP contribution in [-0.4, -0.2) is 18.2 Å². The molecule has 0 bridgehead atoms. The number of allylic oxidation sites excluding steroid dienone is 3. The number of amides is 1. The van der Waals surface area contributed by atoms with E-state index in [9.17, 15) is 4.79 Å². The summed E-state index contributed by atoms with van der Waals surface area (Å²) >= 11 is 0. The third kappa shape index (κ3) is 4.82. The van der Waals surface area contributed by atoms with E-state index in [0.29, 0.717) is 5.92 Å². The highest BCUT2D eigenvalue weighted by Crippen LogP contribution is 2.26. The number of nitrogens with zero attached hydrogens (tertiary/aromatic N) is 1. The monoisotopic (exact) mass is 325 g/mol. The zero-order valence-corrected chi connectivity index (χ0v) is 15.1. The van der Waals surface area contributed by atoms with Gasteiger partial charge in [0.25, 0.3) is 5.91 Å². The van der Waals surface area contributed by atoms with Gasteiger partial charge in [0.15, 0.2) is 0 Å². The number of hydrazone groups is 1. The van der Waals surface area contributed by atoms with Gasteiger partial charge in [0.2, 0.25) is 0 Å². The van der Waals surface area contributed by atoms with Crippen LogP contribution in [0.1, 0.15) is 37.8 Å². The van der Waals surface area contributed by atoms with Gasteiger partial charge in [-0.1, -0.05) is 35.9 Å². The first-order valence-electron chi connectivity index (χ1n) is 8.36. The topological polar surface area (TPSA) is 53.5 Å². The number of rotatable bonds is 5.